The van der Waals surface area contributed by atoms with Gasteiger partial charge in [-0.2, -0.15) is 0 Å². The van der Waals surface area contributed by atoms with Crippen molar-refractivity contribution in [1.29, 1.82) is 0 Å². The van der Waals surface area contributed by atoms with E-state index in [9.17, 15) is 9.18 Å². The molecule has 0 saturated heterocycles. The van der Waals surface area contributed by atoms with E-state index >= 15 is 0 Å². The molecule has 1 N–H and O–H groups in total. The van der Waals surface area contributed by atoms with E-state index in [1.54, 1.807) is 6.07 Å². The summed E-state index contributed by atoms with van der Waals surface area (Å²) in [6.07, 6.45) is 0. The van der Waals surface area contributed by atoms with Gasteiger partial charge in [0.25, 0.3) is 0 Å². The maximum Gasteiger partial charge on any atom is 0.233 e. The number of nitrogens with one attached hydrogen (secondary N) is 1. The zero-order valence-electron chi connectivity index (χ0n) is 10.9. The summed E-state index contributed by atoms with van der Waals surface area (Å²) in [7, 11) is 0. The minimum Gasteiger partial charge on any atom is -0.351 e. The van der Waals surface area contributed by atoms with Gasteiger partial charge in [-0.1, -0.05) is 11.6 Å². The number of benzene rings is 1. The van der Waals surface area contributed by atoms with Gasteiger partial charge in [-0.25, -0.2) is 4.39 Å². The highest BCUT2D eigenvalue weighted by Crippen LogP contribution is 2.27. The molecule has 2 nitrogen and oxygen atoms in total. The van der Waals surface area contributed by atoms with E-state index in [0.29, 0.717) is 0 Å². The van der Waals surface area contributed by atoms with Crippen molar-refractivity contribution in [2.45, 2.75) is 43.4 Å². The molecule has 0 unspecified atom stereocenters. The molecular weight excluding hydrogens is 273 g/mol. The van der Waals surface area contributed by atoms with Crippen molar-refractivity contribution in [2.75, 3.05) is 0 Å². The van der Waals surface area contributed by atoms with E-state index in [-0.39, 0.29) is 21.7 Å². The normalized spacial score (nSPS) is 13.2. The van der Waals surface area contributed by atoms with Crippen LogP contribution in [0.1, 0.15) is 27.7 Å². The van der Waals surface area contributed by atoms with Crippen LogP contribution in [0.2, 0.25) is 5.02 Å². The molecule has 18 heavy (non-hydrogen) atoms. The molecule has 100 valence electrons. The molecule has 0 heterocycles. The number of halogens is 2. The van der Waals surface area contributed by atoms with Crippen LogP contribution in [0.25, 0.3) is 0 Å². The van der Waals surface area contributed by atoms with E-state index in [1.807, 2.05) is 27.7 Å². The number of carbonyl (C=O) groups is 1. The first kappa shape index (κ1) is 15.3. The van der Waals surface area contributed by atoms with Gasteiger partial charge >= 0.3 is 0 Å². The van der Waals surface area contributed by atoms with Gasteiger partial charge in [0.15, 0.2) is 0 Å². The van der Waals surface area contributed by atoms with Crippen molar-refractivity contribution in [3.05, 3.63) is 29.0 Å². The summed E-state index contributed by atoms with van der Waals surface area (Å²) in [6, 6.07) is 4.45. The summed E-state index contributed by atoms with van der Waals surface area (Å²) in [5.74, 6) is -0.499. The van der Waals surface area contributed by atoms with E-state index in [2.05, 4.69) is 5.32 Å². The van der Waals surface area contributed by atoms with Gasteiger partial charge in [-0.3, -0.25) is 4.79 Å². The van der Waals surface area contributed by atoms with Gasteiger partial charge in [0.1, 0.15) is 5.82 Å². The minimum atomic E-state index is -0.451. The standard InChI is InChI=1S/C13H17ClFNOS/c1-8(12(17)16-13(2,3)4)18-9-5-6-11(15)10(14)7-9/h5-8H,1-4H3,(H,16,17)/t8-/m0/s1. The summed E-state index contributed by atoms with van der Waals surface area (Å²) in [6.45, 7) is 7.59. The van der Waals surface area contributed by atoms with Crippen LogP contribution in [0.3, 0.4) is 0 Å². The number of amides is 1. The fraction of sp³-hybridized carbons (Fsp3) is 0.462. The van der Waals surface area contributed by atoms with Gasteiger partial charge in [0, 0.05) is 10.4 Å². The number of rotatable bonds is 3. The largest absolute Gasteiger partial charge is 0.351 e. The molecule has 0 aliphatic carbocycles. The lowest BCUT2D eigenvalue weighted by atomic mass is 10.1. The van der Waals surface area contributed by atoms with Crippen LogP contribution in [0.4, 0.5) is 4.39 Å². The molecule has 0 saturated carbocycles. The molecule has 0 radical (unpaired) electrons. The molecule has 0 bridgehead atoms. The second-order valence-electron chi connectivity index (χ2n) is 5.08. The SMILES string of the molecule is C[C@H](Sc1ccc(F)c(Cl)c1)C(=O)NC(C)(C)C. The van der Waals surface area contributed by atoms with Crippen molar-refractivity contribution in [1.82, 2.24) is 5.32 Å². The van der Waals surface area contributed by atoms with Crippen molar-refractivity contribution >= 4 is 29.3 Å². The third-order valence-corrected chi connectivity index (χ3v) is 3.45. The lowest BCUT2D eigenvalue weighted by molar-refractivity contribution is -0.121. The number of carbonyl (C=O) groups excluding carboxylic acids is 1. The van der Waals surface area contributed by atoms with Crippen LogP contribution < -0.4 is 5.32 Å². The topological polar surface area (TPSA) is 29.1 Å². The molecule has 0 aromatic heterocycles. The van der Waals surface area contributed by atoms with E-state index in [0.717, 1.165) is 4.90 Å². The lowest BCUT2D eigenvalue weighted by Gasteiger charge is -2.23. The maximum atomic E-state index is 13.0. The maximum absolute atomic E-state index is 13.0. The monoisotopic (exact) mass is 289 g/mol. The van der Waals surface area contributed by atoms with Crippen LogP contribution in [0.15, 0.2) is 23.1 Å². The van der Waals surface area contributed by atoms with Crippen LogP contribution in [-0.2, 0) is 4.79 Å². The number of hydrogen-bond acceptors (Lipinski definition) is 2. The Kier molecular flexibility index (Phi) is 5.05. The average Bonchev–Trinajstić information content (AvgIpc) is 2.21. The van der Waals surface area contributed by atoms with Crippen molar-refractivity contribution in [3.8, 4) is 0 Å². The summed E-state index contributed by atoms with van der Waals surface area (Å²) in [4.78, 5) is 12.7. The first-order valence-electron chi connectivity index (χ1n) is 5.63. The first-order chi connectivity index (χ1) is 8.19. The highest BCUT2D eigenvalue weighted by Gasteiger charge is 2.20. The third kappa shape index (κ3) is 4.86. The molecule has 1 aromatic rings. The Morgan fingerprint density at radius 1 is 1.44 bits per heavy atom. The quantitative estimate of drug-likeness (QED) is 0.856. The Hall–Kier alpha value is -0.740. The molecule has 1 aromatic carbocycles. The van der Waals surface area contributed by atoms with E-state index < -0.39 is 5.82 Å². The smallest absolute Gasteiger partial charge is 0.233 e. The fourth-order valence-electron chi connectivity index (χ4n) is 1.28. The highest BCUT2D eigenvalue weighted by molar-refractivity contribution is 8.00. The van der Waals surface area contributed by atoms with E-state index in [4.69, 9.17) is 11.6 Å². The van der Waals surface area contributed by atoms with Crippen molar-refractivity contribution < 1.29 is 9.18 Å². The Labute approximate surface area is 116 Å². The summed E-state index contributed by atoms with van der Waals surface area (Å²) in [5.41, 5.74) is -0.258. The molecular formula is C13H17ClFNOS. The zero-order chi connectivity index (χ0) is 13.9. The number of hydrogen-bond donors (Lipinski definition) is 1. The molecule has 1 atom stereocenters. The van der Waals surface area contributed by atoms with Gasteiger partial charge in [-0.15, -0.1) is 11.8 Å². The van der Waals surface area contributed by atoms with Crippen LogP contribution in [0, 0.1) is 5.82 Å². The van der Waals surface area contributed by atoms with Crippen LogP contribution in [-0.4, -0.2) is 16.7 Å². The van der Waals surface area contributed by atoms with Gasteiger partial charge in [0.2, 0.25) is 5.91 Å². The van der Waals surface area contributed by atoms with Crippen molar-refractivity contribution in [3.63, 3.8) is 0 Å². The predicted molar refractivity (Wildman–Crippen MR) is 74.6 cm³/mol. The van der Waals surface area contributed by atoms with Gasteiger partial charge in [0.05, 0.1) is 10.3 Å². The average molecular weight is 290 g/mol. The summed E-state index contributed by atoms with van der Waals surface area (Å²) in [5, 5.41) is 2.71. The number of thioether (sulfide) groups is 1. The zero-order valence-corrected chi connectivity index (χ0v) is 12.5. The van der Waals surface area contributed by atoms with Crippen LogP contribution in [0.5, 0.6) is 0 Å². The molecule has 0 aliphatic heterocycles. The van der Waals surface area contributed by atoms with Gasteiger partial charge < -0.3 is 5.32 Å². The van der Waals surface area contributed by atoms with Crippen molar-refractivity contribution in [2.24, 2.45) is 0 Å². The van der Waals surface area contributed by atoms with E-state index in [1.165, 1.54) is 23.9 Å². The minimum absolute atomic E-state index is 0.0482. The Morgan fingerprint density at radius 2 is 2.06 bits per heavy atom. The Morgan fingerprint density at radius 3 is 2.56 bits per heavy atom. The molecule has 0 fully saturated rings. The van der Waals surface area contributed by atoms with Gasteiger partial charge in [-0.05, 0) is 45.9 Å². The molecule has 1 amide bonds. The second kappa shape index (κ2) is 5.93. The highest BCUT2D eigenvalue weighted by atomic mass is 35.5. The fourth-order valence-corrected chi connectivity index (χ4v) is 2.43. The molecule has 0 aliphatic rings. The van der Waals surface area contributed by atoms with Crippen LogP contribution >= 0.6 is 23.4 Å². The molecule has 1 rings (SSSR count). The first-order valence-corrected chi connectivity index (χ1v) is 6.88. The Balaban J connectivity index is 2.66. The summed E-state index contributed by atoms with van der Waals surface area (Å²) >= 11 is 7.05. The third-order valence-electron chi connectivity index (χ3n) is 2.07. The lowest BCUT2D eigenvalue weighted by Crippen LogP contribution is -2.44. The predicted octanol–water partition coefficient (Wildman–Crippen LogP) is 3.87. The second-order valence-corrected chi connectivity index (χ2v) is 6.90. The molecule has 0 spiro atoms. The molecule has 5 heteroatoms. The Bertz CT molecular complexity index is 445. The summed E-state index contributed by atoms with van der Waals surface area (Å²) < 4.78 is 13.0.